The fourth-order valence-electron chi connectivity index (χ4n) is 4.73. The number of aliphatic hydroxyl groups is 1. The number of ether oxygens (including phenoxy) is 3. The second-order valence-electron chi connectivity index (χ2n) is 9.94. The number of nitrogens with zero attached hydrogens (tertiary/aromatic N) is 2. The normalized spacial score (nSPS) is 18.9. The number of H-pyrrole nitrogens is 1. The molecule has 3 aromatic carbocycles. The van der Waals surface area contributed by atoms with Crippen molar-refractivity contribution >= 4 is 29.4 Å². The Morgan fingerprint density at radius 3 is 2.58 bits per heavy atom. The quantitative estimate of drug-likeness (QED) is 0.143. The van der Waals surface area contributed by atoms with Crippen molar-refractivity contribution in [2.45, 2.75) is 49.1 Å². The van der Waals surface area contributed by atoms with Crippen molar-refractivity contribution in [2.24, 2.45) is 0 Å². The van der Waals surface area contributed by atoms with Crippen LogP contribution in [-0.2, 0) is 32.0 Å². The van der Waals surface area contributed by atoms with Crippen LogP contribution in [0.2, 0.25) is 0 Å². The van der Waals surface area contributed by atoms with Crippen molar-refractivity contribution < 1.29 is 28.9 Å². The van der Waals surface area contributed by atoms with Crippen molar-refractivity contribution in [1.82, 2.24) is 20.5 Å². The molecule has 1 saturated heterocycles. The summed E-state index contributed by atoms with van der Waals surface area (Å²) in [6, 6.07) is 22.9. The summed E-state index contributed by atoms with van der Waals surface area (Å²) in [5.41, 5.74) is 3.91. The average Bonchev–Trinajstić information content (AvgIpc) is 3.57. The lowest BCUT2D eigenvalue weighted by Crippen LogP contribution is -2.45. The molecule has 1 aliphatic heterocycles. The molecule has 1 aromatic heterocycles. The summed E-state index contributed by atoms with van der Waals surface area (Å²) in [5.74, 6) is 0.0841. The molecule has 4 N–H and O–H groups in total. The Kier molecular flexibility index (Phi) is 10.4. The lowest BCUT2D eigenvalue weighted by Gasteiger charge is -2.36. The van der Waals surface area contributed by atoms with Gasteiger partial charge in [-0.1, -0.05) is 78.5 Å². The number of hydrogen-bond donors (Lipinski definition) is 4. The van der Waals surface area contributed by atoms with E-state index in [2.05, 4.69) is 25.8 Å². The SMILES string of the molecule is COC(=O)[C@H](Cc1ccccc1)NC(=O)Nc1cccc([C@@H]2O[C@H](CSc3ncn[nH]3)C[C@H](c3ccc(CO)cc3)O2)c1. The van der Waals surface area contributed by atoms with Crippen LogP contribution in [-0.4, -0.2) is 57.3 Å². The molecule has 1 aliphatic rings. The van der Waals surface area contributed by atoms with Gasteiger partial charge in [-0.25, -0.2) is 14.6 Å². The van der Waals surface area contributed by atoms with Crippen LogP contribution in [0.5, 0.6) is 0 Å². The van der Waals surface area contributed by atoms with Crippen LogP contribution in [0.4, 0.5) is 10.5 Å². The molecular formula is C31H33N5O6S. The summed E-state index contributed by atoms with van der Waals surface area (Å²) in [6.45, 7) is -0.0337. The average molecular weight is 604 g/mol. The van der Waals surface area contributed by atoms with Gasteiger partial charge in [0.15, 0.2) is 11.4 Å². The van der Waals surface area contributed by atoms with Gasteiger partial charge in [0.1, 0.15) is 12.4 Å². The molecule has 4 atom stereocenters. The topological polar surface area (TPSA) is 148 Å². The van der Waals surface area contributed by atoms with E-state index in [4.69, 9.17) is 14.2 Å². The van der Waals surface area contributed by atoms with Gasteiger partial charge in [0, 0.05) is 29.8 Å². The van der Waals surface area contributed by atoms with E-state index in [1.165, 1.54) is 25.2 Å². The fourth-order valence-corrected chi connectivity index (χ4v) is 5.53. The number of carbonyl (C=O) groups is 2. The molecule has 43 heavy (non-hydrogen) atoms. The number of aromatic nitrogens is 3. The molecule has 11 nitrogen and oxygen atoms in total. The van der Waals surface area contributed by atoms with Gasteiger partial charge in [-0.05, 0) is 28.8 Å². The van der Waals surface area contributed by atoms with Gasteiger partial charge in [0.25, 0.3) is 0 Å². The smallest absolute Gasteiger partial charge is 0.328 e. The molecule has 2 amide bonds. The van der Waals surface area contributed by atoms with Crippen molar-refractivity contribution in [3.05, 3.63) is 107 Å². The minimum atomic E-state index is -0.860. The molecule has 4 aromatic rings. The van der Waals surface area contributed by atoms with E-state index < -0.39 is 24.3 Å². The van der Waals surface area contributed by atoms with Gasteiger partial charge >= 0.3 is 12.0 Å². The lowest BCUT2D eigenvalue weighted by molar-refractivity contribution is -0.245. The van der Waals surface area contributed by atoms with Gasteiger partial charge in [-0.3, -0.25) is 5.10 Å². The first-order valence-electron chi connectivity index (χ1n) is 13.8. The number of benzene rings is 3. The summed E-state index contributed by atoms with van der Waals surface area (Å²) in [7, 11) is 1.29. The molecular weight excluding hydrogens is 570 g/mol. The maximum atomic E-state index is 12.9. The summed E-state index contributed by atoms with van der Waals surface area (Å²) < 4.78 is 17.7. The Morgan fingerprint density at radius 2 is 1.86 bits per heavy atom. The number of urea groups is 1. The molecule has 0 bridgehead atoms. The van der Waals surface area contributed by atoms with Crippen molar-refractivity contribution in [1.29, 1.82) is 0 Å². The Morgan fingerprint density at radius 1 is 1.05 bits per heavy atom. The highest BCUT2D eigenvalue weighted by atomic mass is 32.2. The van der Waals surface area contributed by atoms with E-state index in [9.17, 15) is 14.7 Å². The zero-order chi connectivity index (χ0) is 30.0. The van der Waals surface area contributed by atoms with E-state index >= 15 is 0 Å². The molecule has 224 valence electrons. The maximum absolute atomic E-state index is 12.9. The van der Waals surface area contributed by atoms with E-state index in [0.717, 1.165) is 22.3 Å². The van der Waals surface area contributed by atoms with E-state index in [1.54, 1.807) is 18.2 Å². The summed E-state index contributed by atoms with van der Waals surface area (Å²) in [5, 5.41) is 22.4. The highest BCUT2D eigenvalue weighted by molar-refractivity contribution is 7.99. The van der Waals surface area contributed by atoms with Crippen LogP contribution in [0.25, 0.3) is 0 Å². The first-order chi connectivity index (χ1) is 21.0. The number of hydrogen-bond acceptors (Lipinski definition) is 9. The van der Waals surface area contributed by atoms with E-state index in [1.807, 2.05) is 60.7 Å². The fraction of sp³-hybridized carbons (Fsp3) is 0.290. The molecule has 0 spiro atoms. The second-order valence-corrected chi connectivity index (χ2v) is 10.9. The van der Waals surface area contributed by atoms with Crippen molar-refractivity contribution in [3.8, 4) is 0 Å². The number of esters is 1. The zero-order valence-electron chi connectivity index (χ0n) is 23.5. The van der Waals surface area contributed by atoms with Crippen molar-refractivity contribution in [3.63, 3.8) is 0 Å². The van der Waals surface area contributed by atoms with Crippen molar-refractivity contribution in [2.75, 3.05) is 18.2 Å². The summed E-state index contributed by atoms with van der Waals surface area (Å²) >= 11 is 1.51. The van der Waals surface area contributed by atoms with Gasteiger partial charge in [0.05, 0.1) is 25.9 Å². The van der Waals surface area contributed by atoms with E-state index in [0.29, 0.717) is 29.4 Å². The molecule has 0 saturated carbocycles. The molecule has 5 rings (SSSR count). The largest absolute Gasteiger partial charge is 0.467 e. The second kappa shape index (κ2) is 14.8. The standard InChI is InChI=1S/C31H33N5O6S/c1-40-28(38)26(14-20-6-3-2-4-7-20)35-30(39)34-24-9-5-8-23(15-24)29-41-25(18-43-31-32-19-33-36-31)16-27(42-29)22-12-10-21(17-37)11-13-22/h2-13,15,19,25-27,29,37H,14,16-18H2,1H3,(H,32,33,36)(H2,34,35,39)/t25-,26-,27+,29+/m0/s1. The molecule has 0 radical (unpaired) electrons. The minimum Gasteiger partial charge on any atom is -0.467 e. The van der Waals surface area contributed by atoms with Gasteiger partial charge in [0.2, 0.25) is 0 Å². The Balaban J connectivity index is 1.29. The number of rotatable bonds is 11. The van der Waals surface area contributed by atoms with Gasteiger partial charge < -0.3 is 30.0 Å². The summed E-state index contributed by atoms with van der Waals surface area (Å²) in [4.78, 5) is 29.5. The maximum Gasteiger partial charge on any atom is 0.328 e. The zero-order valence-corrected chi connectivity index (χ0v) is 24.3. The predicted octanol–water partition coefficient (Wildman–Crippen LogP) is 4.54. The van der Waals surface area contributed by atoms with Crippen LogP contribution < -0.4 is 10.6 Å². The molecule has 1 fully saturated rings. The third-order valence-electron chi connectivity index (χ3n) is 6.90. The Hall–Kier alpha value is -4.23. The van der Waals surface area contributed by atoms with Gasteiger partial charge in [-0.15, -0.1) is 0 Å². The first kappa shape index (κ1) is 30.2. The van der Waals surface area contributed by atoms with Crippen LogP contribution in [0.15, 0.2) is 90.3 Å². The van der Waals surface area contributed by atoms with Crippen LogP contribution in [0.3, 0.4) is 0 Å². The lowest BCUT2D eigenvalue weighted by atomic mass is 10.0. The third-order valence-corrected chi connectivity index (χ3v) is 7.91. The van der Waals surface area contributed by atoms with Gasteiger partial charge in [-0.2, -0.15) is 5.10 Å². The number of thioether (sulfide) groups is 1. The molecule has 2 heterocycles. The number of anilines is 1. The molecule has 12 heteroatoms. The number of amides is 2. The Bertz CT molecular complexity index is 1470. The number of nitrogens with one attached hydrogen (secondary N) is 3. The number of aliphatic hydroxyl groups excluding tert-OH is 1. The number of aromatic amines is 1. The third kappa shape index (κ3) is 8.42. The predicted molar refractivity (Wildman–Crippen MR) is 160 cm³/mol. The van der Waals surface area contributed by atoms with E-state index in [-0.39, 0.29) is 18.8 Å². The van der Waals surface area contributed by atoms with Crippen LogP contribution in [0, 0.1) is 0 Å². The van der Waals surface area contributed by atoms with Crippen LogP contribution >= 0.6 is 11.8 Å². The monoisotopic (exact) mass is 603 g/mol. The Labute approximate surface area is 253 Å². The minimum absolute atomic E-state index is 0.0337. The molecule has 0 unspecified atom stereocenters. The number of carbonyl (C=O) groups excluding carboxylic acids is 2. The summed E-state index contributed by atoms with van der Waals surface area (Å²) in [6.07, 6.45) is 1.24. The number of methoxy groups -OCH3 is 1. The molecule has 0 aliphatic carbocycles. The highest BCUT2D eigenvalue weighted by Crippen LogP contribution is 2.39. The van der Waals surface area contributed by atoms with Crippen LogP contribution in [0.1, 0.15) is 41.1 Å². The highest BCUT2D eigenvalue weighted by Gasteiger charge is 2.32. The first-order valence-corrected chi connectivity index (χ1v) is 14.8.